The maximum Gasteiger partial charge on any atom is 0.256 e. The summed E-state index contributed by atoms with van der Waals surface area (Å²) in [6, 6.07) is 9.11. The predicted molar refractivity (Wildman–Crippen MR) is 70.8 cm³/mol. The van der Waals surface area contributed by atoms with Crippen LogP contribution < -0.4 is 4.90 Å². The number of rotatable bonds is 1. The fraction of sp³-hybridized carbons (Fsp3) is 0.533. The van der Waals surface area contributed by atoms with Gasteiger partial charge in [0, 0.05) is 18.8 Å². The third-order valence-electron chi connectivity index (χ3n) is 4.86. The van der Waals surface area contributed by atoms with E-state index in [2.05, 4.69) is 22.8 Å². The Balaban J connectivity index is 1.81. The molecule has 3 nitrogen and oxygen atoms in total. The quantitative estimate of drug-likeness (QED) is 0.704. The molecule has 4 rings (SSSR count). The van der Waals surface area contributed by atoms with E-state index in [0.29, 0.717) is 18.0 Å². The molecule has 3 aliphatic rings. The number of anilines is 1. The summed E-state index contributed by atoms with van der Waals surface area (Å²) in [7, 11) is 0. The van der Waals surface area contributed by atoms with Crippen LogP contribution in [0.2, 0.25) is 0 Å². The van der Waals surface area contributed by atoms with Crippen molar-refractivity contribution in [1.82, 2.24) is 4.90 Å². The van der Waals surface area contributed by atoms with Crippen molar-refractivity contribution in [3.05, 3.63) is 29.8 Å². The summed E-state index contributed by atoms with van der Waals surface area (Å²) in [5, 5.41) is 0. The van der Waals surface area contributed by atoms with Crippen LogP contribution in [-0.2, 0) is 0 Å². The van der Waals surface area contributed by atoms with E-state index in [9.17, 15) is 4.79 Å². The van der Waals surface area contributed by atoms with Gasteiger partial charge in [-0.25, -0.2) is 0 Å². The van der Waals surface area contributed by atoms with Crippen LogP contribution in [0.4, 0.5) is 5.69 Å². The number of carbonyl (C=O) groups is 1. The molecule has 3 aliphatic heterocycles. The van der Waals surface area contributed by atoms with Gasteiger partial charge in [0.05, 0.1) is 17.6 Å². The minimum atomic E-state index is 0.249. The molecule has 0 saturated carbocycles. The smallest absolute Gasteiger partial charge is 0.256 e. The average molecular weight is 242 g/mol. The number of carbonyl (C=O) groups excluding carboxylic acids is 1. The molecular weight excluding hydrogens is 224 g/mol. The monoisotopic (exact) mass is 242 g/mol. The topological polar surface area (TPSA) is 23.3 Å². The van der Waals surface area contributed by atoms with Crippen LogP contribution in [0.15, 0.2) is 24.3 Å². The van der Waals surface area contributed by atoms with Crippen molar-refractivity contribution in [2.45, 2.75) is 31.8 Å². The van der Waals surface area contributed by atoms with Gasteiger partial charge in [-0.1, -0.05) is 25.5 Å². The second-order valence-corrected chi connectivity index (χ2v) is 5.68. The van der Waals surface area contributed by atoms with Crippen LogP contribution in [0.5, 0.6) is 0 Å². The Kier molecular flexibility index (Phi) is 2.02. The third kappa shape index (κ3) is 1.22. The lowest BCUT2D eigenvalue weighted by atomic mass is 9.95. The largest absolute Gasteiger partial charge is 0.362 e. The minimum absolute atomic E-state index is 0.249. The van der Waals surface area contributed by atoms with E-state index in [1.807, 2.05) is 18.2 Å². The molecule has 18 heavy (non-hydrogen) atoms. The number of hydrogen-bond acceptors (Lipinski definition) is 2. The molecule has 3 heteroatoms. The highest BCUT2D eigenvalue weighted by Gasteiger charge is 2.53. The van der Waals surface area contributed by atoms with Crippen LogP contribution in [-0.4, -0.2) is 36.0 Å². The molecule has 0 bridgehead atoms. The molecule has 0 aromatic heterocycles. The van der Waals surface area contributed by atoms with Gasteiger partial charge in [0.15, 0.2) is 0 Å². The molecule has 2 saturated heterocycles. The number of nitrogens with zero attached hydrogens (tertiary/aromatic N) is 2. The van der Waals surface area contributed by atoms with Crippen molar-refractivity contribution < 1.29 is 4.79 Å². The zero-order chi connectivity index (χ0) is 12.3. The standard InChI is InChI=1S/C15H18N2O/c1-2-10-7-8-16-14(10)13-9-17(13)12-6-4-3-5-11(12)15(16)18/h3-6,10,13-14H,2,7-9H2,1H3/t10-,13?,14+,17?/m1/s1. The van der Waals surface area contributed by atoms with Gasteiger partial charge in [0.1, 0.15) is 0 Å². The Hall–Kier alpha value is -1.51. The van der Waals surface area contributed by atoms with Crippen molar-refractivity contribution >= 4 is 11.6 Å². The summed E-state index contributed by atoms with van der Waals surface area (Å²) >= 11 is 0. The average Bonchev–Trinajstić information content (AvgIpc) is 3.09. The first-order valence-electron chi connectivity index (χ1n) is 6.98. The second kappa shape index (κ2) is 3.50. The zero-order valence-electron chi connectivity index (χ0n) is 10.7. The van der Waals surface area contributed by atoms with Crippen molar-refractivity contribution in [2.24, 2.45) is 5.92 Å². The van der Waals surface area contributed by atoms with Crippen molar-refractivity contribution in [3.8, 4) is 0 Å². The third-order valence-corrected chi connectivity index (χ3v) is 4.86. The number of benzene rings is 1. The van der Waals surface area contributed by atoms with Gasteiger partial charge >= 0.3 is 0 Å². The maximum atomic E-state index is 12.6. The Labute approximate surface area is 107 Å². The first-order chi connectivity index (χ1) is 8.81. The maximum absolute atomic E-state index is 12.6. The number of para-hydroxylation sites is 1. The highest BCUT2D eigenvalue weighted by molar-refractivity contribution is 6.01. The van der Waals surface area contributed by atoms with Crippen LogP contribution >= 0.6 is 0 Å². The molecule has 0 radical (unpaired) electrons. The van der Waals surface area contributed by atoms with Crippen LogP contribution in [0.3, 0.4) is 0 Å². The SMILES string of the molecule is CC[C@@H]1CCN2C(=O)c3ccccc3N3CC3[C@H]12. The van der Waals surface area contributed by atoms with Gasteiger partial charge in [0.2, 0.25) is 0 Å². The first kappa shape index (κ1) is 10.4. The van der Waals surface area contributed by atoms with Crippen molar-refractivity contribution in [3.63, 3.8) is 0 Å². The summed E-state index contributed by atoms with van der Waals surface area (Å²) in [5.41, 5.74) is 2.05. The molecule has 1 aromatic carbocycles. The number of fused-ring (bicyclic) bond motifs is 5. The lowest BCUT2D eigenvalue weighted by Crippen LogP contribution is -2.41. The Morgan fingerprint density at radius 2 is 2.11 bits per heavy atom. The summed E-state index contributed by atoms with van der Waals surface area (Å²) in [6.45, 7) is 4.33. The molecular formula is C15H18N2O. The van der Waals surface area contributed by atoms with Gasteiger partial charge in [-0.3, -0.25) is 4.79 Å². The molecule has 2 fully saturated rings. The van der Waals surface area contributed by atoms with Crippen LogP contribution in [0.1, 0.15) is 30.1 Å². The van der Waals surface area contributed by atoms with Crippen molar-refractivity contribution in [1.29, 1.82) is 0 Å². The molecule has 94 valence electrons. The fourth-order valence-electron chi connectivity index (χ4n) is 3.87. The Morgan fingerprint density at radius 3 is 2.94 bits per heavy atom. The number of amides is 1. The second-order valence-electron chi connectivity index (χ2n) is 5.68. The minimum Gasteiger partial charge on any atom is -0.362 e. The van der Waals surface area contributed by atoms with Gasteiger partial charge in [-0.05, 0) is 24.5 Å². The van der Waals surface area contributed by atoms with Crippen LogP contribution in [0, 0.1) is 5.92 Å². The fourth-order valence-corrected chi connectivity index (χ4v) is 3.87. The van der Waals surface area contributed by atoms with Gasteiger partial charge in [-0.15, -0.1) is 0 Å². The van der Waals surface area contributed by atoms with E-state index in [1.54, 1.807) is 0 Å². The summed E-state index contributed by atoms with van der Waals surface area (Å²) < 4.78 is 0. The summed E-state index contributed by atoms with van der Waals surface area (Å²) in [4.78, 5) is 17.2. The van der Waals surface area contributed by atoms with Crippen LogP contribution in [0.25, 0.3) is 0 Å². The molecule has 3 heterocycles. The summed E-state index contributed by atoms with van der Waals surface area (Å²) in [6.07, 6.45) is 2.37. The van der Waals surface area contributed by atoms with E-state index < -0.39 is 0 Å². The van der Waals surface area contributed by atoms with E-state index in [1.165, 1.54) is 12.8 Å². The van der Waals surface area contributed by atoms with Gasteiger partial charge in [-0.2, -0.15) is 0 Å². The Morgan fingerprint density at radius 1 is 1.28 bits per heavy atom. The van der Waals surface area contributed by atoms with Gasteiger partial charge in [0.25, 0.3) is 5.91 Å². The normalized spacial score (nSPS) is 32.7. The number of hydrogen-bond donors (Lipinski definition) is 0. The molecule has 1 aromatic rings. The van der Waals surface area contributed by atoms with Crippen molar-refractivity contribution in [2.75, 3.05) is 18.0 Å². The van der Waals surface area contributed by atoms with Gasteiger partial charge < -0.3 is 9.80 Å². The van der Waals surface area contributed by atoms with E-state index in [0.717, 1.165) is 24.3 Å². The molecule has 1 unspecified atom stereocenters. The van der Waals surface area contributed by atoms with E-state index >= 15 is 0 Å². The highest BCUT2D eigenvalue weighted by Crippen LogP contribution is 2.44. The highest BCUT2D eigenvalue weighted by atomic mass is 16.2. The summed E-state index contributed by atoms with van der Waals surface area (Å²) in [5.74, 6) is 0.942. The lowest BCUT2D eigenvalue weighted by Gasteiger charge is -2.25. The zero-order valence-corrected chi connectivity index (χ0v) is 10.7. The van der Waals surface area contributed by atoms with E-state index in [-0.39, 0.29) is 5.91 Å². The molecule has 0 spiro atoms. The first-order valence-corrected chi connectivity index (χ1v) is 6.98. The molecule has 1 amide bonds. The Bertz CT molecular complexity index is 513. The molecule has 3 atom stereocenters. The lowest BCUT2D eigenvalue weighted by molar-refractivity contribution is 0.0724. The molecule has 0 N–H and O–H groups in total. The predicted octanol–water partition coefficient (Wildman–Crippen LogP) is 2.13. The molecule has 0 aliphatic carbocycles. The van der Waals surface area contributed by atoms with E-state index in [4.69, 9.17) is 0 Å².